The van der Waals surface area contributed by atoms with Gasteiger partial charge in [-0.05, 0) is 46.3 Å². The van der Waals surface area contributed by atoms with E-state index in [0.29, 0.717) is 45.4 Å². The number of hydrogen-bond donors (Lipinski definition) is 2. The van der Waals surface area contributed by atoms with Gasteiger partial charge in [-0.3, -0.25) is 4.79 Å². The summed E-state index contributed by atoms with van der Waals surface area (Å²) < 4.78 is 23.9. The van der Waals surface area contributed by atoms with Crippen molar-refractivity contribution in [1.82, 2.24) is 39.7 Å². The third kappa shape index (κ3) is 5.22. The lowest BCUT2D eigenvalue weighted by molar-refractivity contribution is 0.405. The Labute approximate surface area is 243 Å². The molecule has 0 spiro atoms. The summed E-state index contributed by atoms with van der Waals surface area (Å²) in [5, 5.41) is 11.9. The minimum atomic E-state index is -0.716. The highest BCUT2D eigenvalue weighted by molar-refractivity contribution is 6.31. The van der Waals surface area contributed by atoms with E-state index in [1.807, 2.05) is 30.3 Å². The second-order valence-electron chi connectivity index (χ2n) is 9.38. The zero-order valence-electron chi connectivity index (χ0n) is 22.1. The van der Waals surface area contributed by atoms with E-state index < -0.39 is 12.0 Å². The van der Waals surface area contributed by atoms with E-state index in [-0.39, 0.29) is 17.1 Å². The van der Waals surface area contributed by atoms with Crippen LogP contribution in [0.15, 0.2) is 90.2 Å². The number of nitrogens with zero attached hydrogens (tertiary/aromatic N) is 7. The van der Waals surface area contributed by atoms with Crippen molar-refractivity contribution in [2.75, 3.05) is 12.8 Å². The average molecular weight is 584 g/mol. The first kappa shape index (κ1) is 26.8. The van der Waals surface area contributed by atoms with Crippen molar-refractivity contribution in [2.45, 2.75) is 12.5 Å². The Morgan fingerprint density at radius 2 is 1.93 bits per heavy atom. The maximum atomic E-state index is 15.2. The third-order valence-corrected chi connectivity index (χ3v) is 7.00. The highest BCUT2D eigenvalue weighted by Gasteiger charge is 2.25. The summed E-state index contributed by atoms with van der Waals surface area (Å²) in [6, 6.07) is 18.6. The Kier molecular flexibility index (Phi) is 7.19. The SMILES string of the molecule is COc1cn(C(Cc2ccccc2)c2nc(-c3ccc(N)nc3)c(F)[nH]2)c(=O)cc1-c1cc(Cl)ccc1-n1cnnn1. The van der Waals surface area contributed by atoms with Gasteiger partial charge in [0.15, 0.2) is 0 Å². The summed E-state index contributed by atoms with van der Waals surface area (Å²) in [5.41, 5.74) is 8.41. The molecule has 3 N–H and O–H groups in total. The number of nitrogen functional groups attached to an aromatic ring is 1. The van der Waals surface area contributed by atoms with Crippen LogP contribution in [0, 0.1) is 5.95 Å². The van der Waals surface area contributed by atoms with Crippen LogP contribution >= 0.6 is 11.6 Å². The van der Waals surface area contributed by atoms with Crippen molar-refractivity contribution in [3.8, 4) is 33.8 Å². The molecule has 6 aromatic rings. The normalized spacial score (nSPS) is 11.9. The Bertz CT molecular complexity index is 1910. The van der Waals surface area contributed by atoms with Crippen molar-refractivity contribution >= 4 is 17.4 Å². The first-order valence-corrected chi connectivity index (χ1v) is 13.1. The van der Waals surface area contributed by atoms with Crippen LogP contribution < -0.4 is 16.0 Å². The van der Waals surface area contributed by atoms with Crippen LogP contribution in [-0.2, 0) is 6.42 Å². The van der Waals surface area contributed by atoms with Gasteiger partial charge in [-0.1, -0.05) is 41.9 Å². The molecule has 4 aromatic heterocycles. The Morgan fingerprint density at radius 1 is 1.10 bits per heavy atom. The lowest BCUT2D eigenvalue weighted by Gasteiger charge is -2.21. The smallest absolute Gasteiger partial charge is 0.252 e. The van der Waals surface area contributed by atoms with Gasteiger partial charge < -0.3 is 20.0 Å². The molecule has 0 aliphatic heterocycles. The van der Waals surface area contributed by atoms with E-state index in [1.165, 1.54) is 34.9 Å². The fraction of sp³-hybridized carbons (Fsp3) is 0.103. The van der Waals surface area contributed by atoms with E-state index in [0.717, 1.165) is 5.56 Å². The molecule has 210 valence electrons. The van der Waals surface area contributed by atoms with Crippen LogP contribution in [0.2, 0.25) is 5.02 Å². The van der Waals surface area contributed by atoms with E-state index in [1.54, 1.807) is 36.5 Å². The maximum Gasteiger partial charge on any atom is 0.252 e. The molecule has 0 saturated carbocycles. The fourth-order valence-corrected chi connectivity index (χ4v) is 4.94. The minimum absolute atomic E-state index is 0.0669. The monoisotopic (exact) mass is 583 g/mol. The van der Waals surface area contributed by atoms with Crippen molar-refractivity contribution in [2.24, 2.45) is 0 Å². The zero-order chi connectivity index (χ0) is 29.2. The standard InChI is InChI=1S/C29H23ClFN9O2/c1-42-24-15-39(26(41)13-21(24)20-12-19(30)8-9-22(20)40-16-34-37-38-40)23(11-17-5-3-2-4-6-17)29-35-27(28(31)36-29)18-7-10-25(32)33-14-18/h2-10,12-16,23H,11H2,1H3,(H2,32,33)(H,35,36). The van der Waals surface area contributed by atoms with Gasteiger partial charge in [-0.2, -0.15) is 9.07 Å². The Morgan fingerprint density at radius 3 is 2.64 bits per heavy atom. The Hall–Kier alpha value is -5.36. The van der Waals surface area contributed by atoms with Crippen LogP contribution in [0.4, 0.5) is 10.2 Å². The number of benzene rings is 2. The summed E-state index contributed by atoms with van der Waals surface area (Å²) >= 11 is 6.35. The number of tetrazole rings is 1. The number of rotatable bonds is 8. The molecule has 0 radical (unpaired) electrons. The molecular weight excluding hydrogens is 561 g/mol. The van der Waals surface area contributed by atoms with Crippen LogP contribution in [-0.4, -0.2) is 46.8 Å². The van der Waals surface area contributed by atoms with E-state index in [4.69, 9.17) is 22.1 Å². The molecule has 1 atom stereocenters. The quantitative estimate of drug-likeness (QED) is 0.267. The summed E-state index contributed by atoms with van der Waals surface area (Å²) in [4.78, 5) is 25.2. The predicted octanol–water partition coefficient (Wildman–Crippen LogP) is 4.49. The van der Waals surface area contributed by atoms with Gasteiger partial charge in [0.1, 0.15) is 29.4 Å². The number of methoxy groups -OCH3 is 1. The molecule has 0 aliphatic rings. The number of imidazole rings is 1. The number of aromatic nitrogens is 8. The maximum absolute atomic E-state index is 15.2. The van der Waals surface area contributed by atoms with E-state index in [2.05, 4.69) is 30.5 Å². The molecule has 11 nitrogen and oxygen atoms in total. The number of ether oxygens (including phenoxy) is 1. The van der Waals surface area contributed by atoms with Gasteiger partial charge in [0, 0.05) is 40.4 Å². The zero-order valence-corrected chi connectivity index (χ0v) is 22.9. The summed E-state index contributed by atoms with van der Waals surface area (Å²) in [6.07, 6.45) is 4.81. The molecule has 0 aliphatic carbocycles. The highest BCUT2D eigenvalue weighted by atomic mass is 35.5. The van der Waals surface area contributed by atoms with Gasteiger partial charge in [0.05, 0.1) is 25.0 Å². The number of nitrogens with one attached hydrogen (secondary N) is 1. The number of H-pyrrole nitrogens is 1. The lowest BCUT2D eigenvalue weighted by atomic mass is 10.0. The molecule has 13 heteroatoms. The molecule has 42 heavy (non-hydrogen) atoms. The molecule has 4 heterocycles. The number of nitrogens with two attached hydrogens (primary N) is 1. The van der Waals surface area contributed by atoms with E-state index in [9.17, 15) is 4.79 Å². The van der Waals surface area contributed by atoms with Crippen molar-refractivity contribution in [3.63, 3.8) is 0 Å². The number of halogens is 2. The van der Waals surface area contributed by atoms with Crippen LogP contribution in [0.25, 0.3) is 28.1 Å². The number of anilines is 1. The Balaban J connectivity index is 1.50. The molecular formula is C29H23ClFN9O2. The first-order chi connectivity index (χ1) is 20.4. The number of pyridine rings is 2. The largest absolute Gasteiger partial charge is 0.495 e. The lowest BCUT2D eigenvalue weighted by Crippen LogP contribution is -2.27. The van der Waals surface area contributed by atoms with Crippen molar-refractivity contribution < 1.29 is 9.13 Å². The van der Waals surface area contributed by atoms with Gasteiger partial charge in [-0.15, -0.1) is 5.10 Å². The number of hydrogen-bond acceptors (Lipinski definition) is 8. The minimum Gasteiger partial charge on any atom is -0.495 e. The van der Waals surface area contributed by atoms with E-state index >= 15 is 4.39 Å². The first-order valence-electron chi connectivity index (χ1n) is 12.8. The van der Waals surface area contributed by atoms with Crippen LogP contribution in [0.5, 0.6) is 5.75 Å². The number of aromatic amines is 1. The van der Waals surface area contributed by atoms with Crippen molar-refractivity contribution in [1.29, 1.82) is 0 Å². The molecule has 2 aromatic carbocycles. The molecule has 0 fully saturated rings. The van der Waals surface area contributed by atoms with Gasteiger partial charge in [-0.25, -0.2) is 9.97 Å². The van der Waals surface area contributed by atoms with Gasteiger partial charge in [0.25, 0.3) is 5.56 Å². The molecule has 6 rings (SSSR count). The predicted molar refractivity (Wildman–Crippen MR) is 155 cm³/mol. The van der Waals surface area contributed by atoms with Gasteiger partial charge >= 0.3 is 0 Å². The van der Waals surface area contributed by atoms with Crippen molar-refractivity contribution in [3.05, 3.63) is 118 Å². The third-order valence-electron chi connectivity index (χ3n) is 6.77. The second kappa shape index (κ2) is 11.3. The fourth-order valence-electron chi connectivity index (χ4n) is 4.77. The summed E-state index contributed by atoms with van der Waals surface area (Å²) in [6.45, 7) is 0. The molecule has 1 unspecified atom stereocenters. The summed E-state index contributed by atoms with van der Waals surface area (Å²) in [5.74, 6) is 0.270. The molecule has 0 amide bonds. The van der Waals surface area contributed by atoms with Crippen LogP contribution in [0.3, 0.4) is 0 Å². The average Bonchev–Trinajstić information content (AvgIpc) is 3.67. The topological polar surface area (TPSA) is 142 Å². The van der Waals surface area contributed by atoms with Crippen LogP contribution in [0.1, 0.15) is 17.4 Å². The highest BCUT2D eigenvalue weighted by Crippen LogP contribution is 2.36. The summed E-state index contributed by atoms with van der Waals surface area (Å²) in [7, 11) is 1.50. The molecule has 0 bridgehead atoms. The second-order valence-corrected chi connectivity index (χ2v) is 9.82. The molecule has 0 saturated heterocycles. The van der Waals surface area contributed by atoms with Gasteiger partial charge in [0.2, 0.25) is 5.95 Å².